The molecular weight excluding hydrogens is 1270 g/mol. The molecule has 7 atom stereocenters. The minimum Gasteiger partial charge on any atom is -1.00 e. The van der Waals surface area contributed by atoms with Crippen LogP contribution < -0.4 is 76.3 Å². The molecule has 98 heavy (non-hydrogen) atoms. The Morgan fingerprint density at radius 2 is 1.18 bits per heavy atom. The van der Waals surface area contributed by atoms with Crippen LogP contribution in [0.3, 0.4) is 0 Å². The Kier molecular flexibility index (Phi) is 31.0. The molecule has 6 rings (SSSR count). The number of hydrogen-bond acceptors (Lipinski definition) is 14. The lowest BCUT2D eigenvalue weighted by molar-refractivity contribution is -0.137. The van der Waals surface area contributed by atoms with Crippen LogP contribution in [0.5, 0.6) is 5.75 Å². The number of fused-ring (bicyclic) bond motifs is 2. The van der Waals surface area contributed by atoms with Crippen LogP contribution >= 0.6 is 0 Å². The van der Waals surface area contributed by atoms with E-state index in [0.29, 0.717) is 48.3 Å². The summed E-state index contributed by atoms with van der Waals surface area (Å²) in [5.74, 6) is -7.66. The lowest BCUT2D eigenvalue weighted by Gasteiger charge is -2.35. The highest BCUT2D eigenvalue weighted by molar-refractivity contribution is 6.09. The van der Waals surface area contributed by atoms with E-state index in [1.54, 1.807) is 63.5 Å². The Bertz CT molecular complexity index is 3620. The Morgan fingerprint density at radius 3 is 1.78 bits per heavy atom. The Labute approximate surface area is 580 Å². The van der Waals surface area contributed by atoms with Crippen molar-refractivity contribution >= 4 is 75.7 Å². The van der Waals surface area contributed by atoms with E-state index in [4.69, 9.17) is 21.6 Å². The van der Waals surface area contributed by atoms with E-state index < -0.39 is 101 Å². The fourth-order valence-electron chi connectivity index (χ4n) is 12.0. The lowest BCUT2D eigenvalue weighted by Crippen LogP contribution is -3.00. The second-order valence-corrected chi connectivity index (χ2v) is 25.5. The highest BCUT2D eigenvalue weighted by Gasteiger charge is 2.37. The highest BCUT2D eigenvalue weighted by Crippen LogP contribution is 2.42. The maximum absolute atomic E-state index is 14.7. The van der Waals surface area contributed by atoms with Crippen LogP contribution in [0.2, 0.25) is 0 Å². The van der Waals surface area contributed by atoms with Crippen LogP contribution in [0.4, 0.5) is 5.69 Å². The van der Waals surface area contributed by atoms with Crippen LogP contribution in [0.1, 0.15) is 137 Å². The van der Waals surface area contributed by atoms with Crippen molar-refractivity contribution in [1.82, 2.24) is 46.3 Å². The molecule has 3 aliphatic rings. The number of carbonyl (C=O) groups is 10. The smallest absolute Gasteiger partial charge is 0.254 e. The first-order chi connectivity index (χ1) is 46.3. The molecule has 1 saturated heterocycles. The van der Waals surface area contributed by atoms with E-state index in [9.17, 15) is 53.1 Å². The molecule has 0 radical (unpaired) electrons. The summed E-state index contributed by atoms with van der Waals surface area (Å²) >= 11 is 0. The van der Waals surface area contributed by atoms with Crippen molar-refractivity contribution in [2.45, 2.75) is 163 Å². The third-order valence-electron chi connectivity index (χ3n) is 18.1. The SMILES string of the molecule is CC[C@H](C)[C@H](NC(=O)[C@H](CCC(N)=O)NC(=O)[C@@H](NC(=O)CCC(=O)N1CCN(C(=O)c2ccccc2-c2c3ccc(=[N+](CC)CC)cc-3oc3cc(N(CC)CC)ccc23)CC1)C(C)C)C(=O)N[C@H](C(=O)N[C@@H](Cc1ccc(O)cc1)C(=O)N[C@@H](CCCCN)C(N)=O)C(C)C.[Cl-]. The van der Waals surface area contributed by atoms with Gasteiger partial charge in [-0.1, -0.05) is 78.3 Å². The van der Waals surface area contributed by atoms with E-state index >= 15 is 0 Å². The minimum atomic E-state index is -1.45. The number of nitrogens with one attached hydrogen (secondary N) is 6. The second kappa shape index (κ2) is 38.2. The van der Waals surface area contributed by atoms with Crippen LogP contribution in [0.15, 0.2) is 89.3 Å². The predicted molar refractivity (Wildman–Crippen MR) is 373 cm³/mol. The molecule has 0 saturated carbocycles. The number of amides is 10. The van der Waals surface area contributed by atoms with Crippen LogP contribution in [-0.2, 0) is 49.6 Å². The van der Waals surface area contributed by atoms with Gasteiger partial charge in [0, 0.05) is 105 Å². The summed E-state index contributed by atoms with van der Waals surface area (Å²) in [4.78, 5) is 143. The maximum Gasteiger partial charge on any atom is 0.254 e. The van der Waals surface area contributed by atoms with Crippen molar-refractivity contribution in [2.75, 3.05) is 63.8 Å². The number of nitrogens with zero attached hydrogens (tertiary/aromatic N) is 4. The van der Waals surface area contributed by atoms with E-state index in [1.165, 1.54) is 12.1 Å². The number of rotatable bonds is 35. The zero-order chi connectivity index (χ0) is 71.2. The number of primary amides is 2. The molecule has 10 amide bonds. The molecule has 534 valence electrons. The van der Waals surface area contributed by atoms with Crippen molar-refractivity contribution in [3.05, 3.63) is 101 Å². The van der Waals surface area contributed by atoms with Gasteiger partial charge in [0.1, 0.15) is 66.4 Å². The van der Waals surface area contributed by atoms with Gasteiger partial charge in [-0.25, -0.2) is 4.58 Å². The molecule has 26 heteroatoms. The standard InChI is InChI=1S/C72H101N13O12.ClH/c1-11-45(10)65(71(95)80-64(44(8)9)70(94)78-56(40-46-23-27-49(86)28-24-46)68(92)76-54(66(75)90)22-18-19-35-73)81-67(91)55(31-32-59(74)87)77-69(93)63(43(6)7)79-60(88)33-34-61(89)84-36-38-85(39-37-84)72(96)51-21-17-16-20-50(51)62-52-29-25-47(82(12-2)13-3)41-57(52)97-58-42-48(26-30-53(58)62)83(14-4)15-5;/h16-17,20-21,23-30,41-45,54-56,63-65H,11-15,18-19,22,31-40,73H2,1-10H3,(H10-,74,75,76,77,78,79,80,81,86,87,88,90,91,92,93,94,95);1H/t45-,54-,55-,56-,63-,64-,65-;/m0./s1. The number of piperazine rings is 1. The summed E-state index contributed by atoms with van der Waals surface area (Å²) in [7, 11) is 0. The summed E-state index contributed by atoms with van der Waals surface area (Å²) in [6.45, 7) is 23.1. The summed E-state index contributed by atoms with van der Waals surface area (Å²) in [6.07, 6.45) is 0.394. The van der Waals surface area contributed by atoms with Crippen LogP contribution in [0, 0.1) is 17.8 Å². The molecule has 1 fully saturated rings. The highest BCUT2D eigenvalue weighted by atomic mass is 35.5. The number of hydrogen-bond donors (Lipinski definition) is 10. The van der Waals surface area contributed by atoms with Gasteiger partial charge in [0.25, 0.3) is 5.91 Å². The molecular formula is C72H102ClN13O12. The van der Waals surface area contributed by atoms with Crippen molar-refractivity contribution in [3.8, 4) is 28.2 Å². The Morgan fingerprint density at radius 1 is 0.602 bits per heavy atom. The first-order valence-electron chi connectivity index (χ1n) is 34.1. The normalized spacial score (nSPS) is 14.4. The quantitative estimate of drug-likeness (QED) is 0.0154. The lowest BCUT2D eigenvalue weighted by atomic mass is 9.90. The van der Waals surface area contributed by atoms with Crippen LogP contribution in [-0.4, -0.2) is 169 Å². The van der Waals surface area contributed by atoms with Crippen molar-refractivity contribution in [1.29, 1.82) is 0 Å². The van der Waals surface area contributed by atoms with E-state index in [2.05, 4.69) is 105 Å². The van der Waals surface area contributed by atoms with Gasteiger partial charge < -0.3 is 85.7 Å². The molecule has 3 aromatic rings. The van der Waals surface area contributed by atoms with E-state index in [-0.39, 0.29) is 94.7 Å². The second-order valence-electron chi connectivity index (χ2n) is 25.5. The Hall–Kier alpha value is -9.10. The monoisotopic (exact) mass is 1380 g/mol. The number of benzene rings is 4. The van der Waals surface area contributed by atoms with Crippen molar-refractivity contribution in [2.24, 2.45) is 35.0 Å². The molecule has 0 unspecified atom stereocenters. The summed E-state index contributed by atoms with van der Waals surface area (Å²) in [5, 5.41) is 28.0. The molecule has 1 aliphatic carbocycles. The number of carbonyl (C=O) groups excluding carboxylic acids is 10. The van der Waals surface area contributed by atoms with Crippen LogP contribution in [0.25, 0.3) is 33.4 Å². The van der Waals surface area contributed by atoms with E-state index in [1.807, 2.05) is 24.3 Å². The number of anilines is 1. The van der Waals surface area contributed by atoms with Crippen molar-refractivity contribution in [3.63, 3.8) is 0 Å². The number of nitrogens with two attached hydrogens (primary N) is 3. The molecule has 3 aromatic carbocycles. The van der Waals surface area contributed by atoms with Gasteiger partial charge >= 0.3 is 0 Å². The Balaban J connectivity index is 0.0000173. The molecule has 0 spiro atoms. The number of phenolic OH excluding ortho intramolecular Hbond substituents is 1. The van der Waals surface area contributed by atoms with Gasteiger partial charge in [0.05, 0.1) is 6.07 Å². The third-order valence-corrected chi connectivity index (χ3v) is 18.1. The third kappa shape index (κ3) is 21.4. The number of aromatic hydroxyl groups is 1. The van der Waals surface area contributed by atoms with Crippen molar-refractivity contribution < 1.29 is 69.9 Å². The first-order valence-corrected chi connectivity index (χ1v) is 34.1. The fourth-order valence-corrected chi connectivity index (χ4v) is 12.0. The van der Waals surface area contributed by atoms with Gasteiger partial charge in [0.2, 0.25) is 58.5 Å². The topological polar surface area (TPSA) is 367 Å². The van der Waals surface area contributed by atoms with Gasteiger partial charge in [-0.05, 0) is 125 Å². The molecule has 2 aliphatic heterocycles. The minimum absolute atomic E-state index is 0. The first kappa shape index (κ1) is 79.6. The molecule has 0 bridgehead atoms. The average molecular weight is 1380 g/mol. The van der Waals surface area contributed by atoms with Gasteiger partial charge in [-0.15, -0.1) is 0 Å². The predicted octanol–water partition coefficient (Wildman–Crippen LogP) is 1.03. The number of unbranched alkanes of at least 4 members (excludes halogenated alkanes) is 1. The summed E-state index contributed by atoms with van der Waals surface area (Å²) in [6, 6.07) is 18.3. The largest absolute Gasteiger partial charge is 1.00 e. The number of phenols is 1. The number of halogens is 1. The van der Waals surface area contributed by atoms with Gasteiger partial charge in [-0.2, -0.15) is 0 Å². The van der Waals surface area contributed by atoms with Gasteiger partial charge in [0.15, 0.2) is 0 Å². The zero-order valence-corrected chi connectivity index (χ0v) is 59.1. The molecule has 25 nitrogen and oxygen atoms in total. The zero-order valence-electron chi connectivity index (χ0n) is 58.3. The molecule has 2 heterocycles. The average Bonchev–Trinajstić information content (AvgIpc) is 0.744. The summed E-state index contributed by atoms with van der Waals surface area (Å²) in [5.41, 5.74) is 22.1. The molecule has 0 aromatic heterocycles. The van der Waals surface area contributed by atoms with Gasteiger partial charge in [-0.3, -0.25) is 47.9 Å². The fraction of sp³-hybridized carbons (Fsp3) is 0.514. The van der Waals surface area contributed by atoms with E-state index in [0.717, 1.165) is 59.3 Å². The molecule has 13 N–H and O–H groups in total. The maximum atomic E-state index is 14.7. The summed E-state index contributed by atoms with van der Waals surface area (Å²) < 4.78 is 8.97.